The highest BCUT2D eigenvalue weighted by atomic mass is 35.5. The van der Waals surface area contributed by atoms with E-state index in [0.29, 0.717) is 6.54 Å². The quantitative estimate of drug-likeness (QED) is 0.895. The van der Waals surface area contributed by atoms with Crippen molar-refractivity contribution in [1.29, 1.82) is 0 Å². The molecule has 1 amide bonds. The van der Waals surface area contributed by atoms with Gasteiger partial charge in [0.25, 0.3) is 0 Å². The first-order valence-electron chi connectivity index (χ1n) is 5.32. The summed E-state index contributed by atoms with van der Waals surface area (Å²) in [4.78, 5) is 17.2. The number of nitrogens with one attached hydrogen (secondary N) is 1. The van der Waals surface area contributed by atoms with E-state index >= 15 is 0 Å². The van der Waals surface area contributed by atoms with Crippen LogP contribution in [0.5, 0.6) is 0 Å². The van der Waals surface area contributed by atoms with Crippen LogP contribution in [0.1, 0.15) is 30.7 Å². The predicted octanol–water partition coefficient (Wildman–Crippen LogP) is 2.24. The topological polar surface area (TPSA) is 68.0 Å². The lowest BCUT2D eigenvalue weighted by molar-refractivity contribution is -0.125. The summed E-state index contributed by atoms with van der Waals surface area (Å²) in [7, 11) is 0. The van der Waals surface area contributed by atoms with Gasteiger partial charge in [-0.1, -0.05) is 6.92 Å². The number of rotatable bonds is 4. The number of hydrogen-bond acceptors (Lipinski definition) is 4. The molecule has 1 heterocycles. The van der Waals surface area contributed by atoms with Crippen LogP contribution in [0, 0.1) is 12.8 Å². The number of hydrogen-bond donors (Lipinski definition) is 2. The van der Waals surface area contributed by atoms with Gasteiger partial charge in [0.2, 0.25) is 5.91 Å². The second-order valence-corrected chi connectivity index (χ2v) is 5.76. The average Bonchev–Trinajstić information content (AvgIpc) is 2.63. The Hall–Kier alpha value is -0.360. The maximum atomic E-state index is 11.8. The third-order valence-electron chi connectivity index (χ3n) is 2.39. The molecular weight excluding hydrogens is 293 g/mol. The first-order valence-corrected chi connectivity index (χ1v) is 6.13. The van der Waals surface area contributed by atoms with Crippen molar-refractivity contribution < 1.29 is 4.79 Å². The van der Waals surface area contributed by atoms with Gasteiger partial charge in [-0.25, -0.2) is 4.98 Å². The van der Waals surface area contributed by atoms with Gasteiger partial charge in [0.15, 0.2) is 0 Å². The van der Waals surface area contributed by atoms with E-state index in [2.05, 4.69) is 10.3 Å². The van der Waals surface area contributed by atoms with Crippen molar-refractivity contribution >= 4 is 42.1 Å². The summed E-state index contributed by atoms with van der Waals surface area (Å²) in [5.41, 5.74) is 5.03. The van der Waals surface area contributed by atoms with Crippen LogP contribution < -0.4 is 11.1 Å². The number of nitrogens with two attached hydrogens (primary N) is 1. The third kappa shape index (κ3) is 5.10. The van der Waals surface area contributed by atoms with Gasteiger partial charge < -0.3 is 11.1 Å². The standard InChI is InChI=1S/C11H19N3OS.2ClH/c1-7(5-12)9(15)14-11(3,4)10-13-6-8(2)16-10;;/h6-7H,5,12H2,1-4H3,(H,14,15);2*1H. The van der Waals surface area contributed by atoms with E-state index in [4.69, 9.17) is 5.73 Å². The summed E-state index contributed by atoms with van der Waals surface area (Å²) in [6.07, 6.45) is 1.82. The molecule has 0 aliphatic heterocycles. The maximum Gasteiger partial charge on any atom is 0.224 e. The molecule has 1 aromatic rings. The second kappa shape index (κ2) is 7.94. The number of amides is 1. The van der Waals surface area contributed by atoms with Crippen molar-refractivity contribution in [3.63, 3.8) is 0 Å². The molecule has 0 fully saturated rings. The van der Waals surface area contributed by atoms with E-state index in [9.17, 15) is 4.79 Å². The molecule has 1 aromatic heterocycles. The summed E-state index contributed by atoms with van der Waals surface area (Å²) in [6.45, 7) is 8.08. The first-order chi connectivity index (χ1) is 7.36. The summed E-state index contributed by atoms with van der Waals surface area (Å²) in [6, 6.07) is 0. The van der Waals surface area contributed by atoms with Crippen molar-refractivity contribution in [3.8, 4) is 0 Å². The fraction of sp³-hybridized carbons (Fsp3) is 0.636. The Bertz CT molecular complexity index is 382. The zero-order valence-corrected chi connectivity index (χ0v) is 13.5. The molecule has 0 spiro atoms. The molecule has 0 radical (unpaired) electrons. The van der Waals surface area contributed by atoms with Crippen LogP contribution in [0.15, 0.2) is 6.20 Å². The zero-order valence-electron chi connectivity index (χ0n) is 11.0. The van der Waals surface area contributed by atoms with Crippen molar-refractivity contribution in [2.45, 2.75) is 33.2 Å². The lowest BCUT2D eigenvalue weighted by Gasteiger charge is -2.25. The molecule has 3 N–H and O–H groups in total. The van der Waals surface area contributed by atoms with Gasteiger partial charge in [0, 0.05) is 23.5 Å². The molecule has 18 heavy (non-hydrogen) atoms. The van der Waals surface area contributed by atoms with Crippen LogP contribution in [0.4, 0.5) is 0 Å². The van der Waals surface area contributed by atoms with Crippen LogP contribution in [-0.4, -0.2) is 17.4 Å². The molecule has 1 rings (SSSR count). The summed E-state index contributed by atoms with van der Waals surface area (Å²) >= 11 is 1.60. The molecular formula is C11H21Cl2N3OS. The first kappa shape index (κ1) is 20.0. The number of aryl methyl sites for hydroxylation is 1. The maximum absolute atomic E-state index is 11.8. The predicted molar refractivity (Wildman–Crippen MR) is 80.7 cm³/mol. The fourth-order valence-electron chi connectivity index (χ4n) is 1.24. The molecule has 0 aliphatic carbocycles. The van der Waals surface area contributed by atoms with Crippen LogP contribution in [0.2, 0.25) is 0 Å². The zero-order chi connectivity index (χ0) is 12.3. The smallest absolute Gasteiger partial charge is 0.224 e. The molecule has 4 nitrogen and oxygen atoms in total. The Morgan fingerprint density at radius 3 is 2.50 bits per heavy atom. The molecule has 1 unspecified atom stereocenters. The number of halogens is 2. The van der Waals surface area contributed by atoms with Gasteiger partial charge in [-0.2, -0.15) is 0 Å². The van der Waals surface area contributed by atoms with Gasteiger partial charge >= 0.3 is 0 Å². The molecule has 7 heteroatoms. The third-order valence-corrected chi connectivity index (χ3v) is 3.63. The average molecular weight is 314 g/mol. The number of aromatic nitrogens is 1. The fourth-order valence-corrected chi connectivity index (χ4v) is 2.06. The van der Waals surface area contributed by atoms with Crippen molar-refractivity contribution in [2.75, 3.05) is 6.54 Å². The van der Waals surface area contributed by atoms with E-state index < -0.39 is 5.54 Å². The van der Waals surface area contributed by atoms with Gasteiger partial charge in [-0.15, -0.1) is 36.2 Å². The molecule has 0 aliphatic rings. The van der Waals surface area contributed by atoms with Gasteiger partial charge in [0.1, 0.15) is 5.01 Å². The second-order valence-electron chi connectivity index (χ2n) is 4.53. The van der Waals surface area contributed by atoms with Crippen molar-refractivity contribution in [1.82, 2.24) is 10.3 Å². The van der Waals surface area contributed by atoms with Gasteiger partial charge in [-0.3, -0.25) is 4.79 Å². The monoisotopic (exact) mass is 313 g/mol. The van der Waals surface area contributed by atoms with Crippen LogP contribution >= 0.6 is 36.2 Å². The van der Waals surface area contributed by atoms with Crippen LogP contribution in [0.25, 0.3) is 0 Å². The van der Waals surface area contributed by atoms with E-state index in [1.807, 2.05) is 33.9 Å². The normalized spacial score (nSPS) is 12.1. The Morgan fingerprint density at radius 1 is 1.56 bits per heavy atom. The Labute approximate surface area is 125 Å². The van der Waals surface area contributed by atoms with Gasteiger partial charge in [0.05, 0.1) is 5.54 Å². The van der Waals surface area contributed by atoms with E-state index in [0.717, 1.165) is 9.88 Å². The lowest BCUT2D eigenvalue weighted by atomic mass is 10.0. The number of carbonyl (C=O) groups excluding carboxylic acids is 1. The summed E-state index contributed by atoms with van der Waals surface area (Å²) in [5.74, 6) is -0.194. The lowest BCUT2D eigenvalue weighted by Crippen LogP contribution is -2.44. The molecule has 0 aromatic carbocycles. The molecule has 0 bridgehead atoms. The molecule has 1 atom stereocenters. The number of nitrogens with zero attached hydrogens (tertiary/aromatic N) is 1. The highest BCUT2D eigenvalue weighted by molar-refractivity contribution is 7.11. The highest BCUT2D eigenvalue weighted by Gasteiger charge is 2.27. The summed E-state index contributed by atoms with van der Waals surface area (Å²) in [5, 5.41) is 3.88. The van der Waals surface area contributed by atoms with Crippen molar-refractivity contribution in [2.24, 2.45) is 11.7 Å². The number of thiazole rings is 1. The molecule has 0 saturated heterocycles. The number of carbonyl (C=O) groups is 1. The highest BCUT2D eigenvalue weighted by Crippen LogP contribution is 2.24. The van der Waals surface area contributed by atoms with Crippen LogP contribution in [-0.2, 0) is 10.3 Å². The molecule has 0 saturated carbocycles. The SMILES string of the molecule is Cc1cnc(C(C)(C)NC(=O)C(C)CN)s1.Cl.Cl. The van der Waals surface area contributed by atoms with Gasteiger partial charge in [-0.05, 0) is 20.8 Å². The largest absolute Gasteiger partial charge is 0.344 e. The summed E-state index contributed by atoms with van der Waals surface area (Å²) < 4.78 is 0. The van der Waals surface area contributed by atoms with E-state index in [-0.39, 0.29) is 36.6 Å². The van der Waals surface area contributed by atoms with Crippen LogP contribution in [0.3, 0.4) is 0 Å². The van der Waals surface area contributed by atoms with Crippen molar-refractivity contribution in [3.05, 3.63) is 16.1 Å². The minimum Gasteiger partial charge on any atom is -0.344 e. The van der Waals surface area contributed by atoms with E-state index in [1.165, 1.54) is 0 Å². The Morgan fingerprint density at radius 2 is 2.11 bits per heavy atom. The molecule has 106 valence electrons. The Kier molecular flexibility index (Phi) is 8.81. The van der Waals surface area contributed by atoms with E-state index in [1.54, 1.807) is 11.3 Å². The minimum atomic E-state index is -0.431. The Balaban J connectivity index is 0. The minimum absolute atomic E-state index is 0.